The van der Waals surface area contributed by atoms with E-state index in [4.69, 9.17) is 9.15 Å². The molecule has 0 fully saturated rings. The summed E-state index contributed by atoms with van der Waals surface area (Å²) < 4.78 is 25.0. The Morgan fingerprint density at radius 2 is 1.87 bits per heavy atom. The minimum Gasteiger partial charge on any atom is -0.505 e. The lowest BCUT2D eigenvalue weighted by Crippen LogP contribution is -2.35. The zero-order chi connectivity index (χ0) is 27.8. The number of aromatic nitrogens is 2. The molecular weight excluding hydrogens is 507 g/mol. The molecule has 3 heterocycles. The summed E-state index contributed by atoms with van der Waals surface area (Å²) in [5.41, 5.74) is 0.875. The highest BCUT2D eigenvalue weighted by atomic mass is 19.1. The molecule has 39 heavy (non-hydrogen) atoms. The quantitative estimate of drug-likeness (QED) is 0.237. The van der Waals surface area contributed by atoms with E-state index in [1.54, 1.807) is 30.5 Å². The van der Waals surface area contributed by atoms with Crippen LogP contribution in [0.15, 0.2) is 64.1 Å². The van der Waals surface area contributed by atoms with Gasteiger partial charge in [-0.3, -0.25) is 19.4 Å². The van der Waals surface area contributed by atoms with Crippen LogP contribution in [0.2, 0.25) is 0 Å². The molecule has 0 atom stereocenters. The van der Waals surface area contributed by atoms with Crippen LogP contribution in [0.25, 0.3) is 11.0 Å². The first-order valence-electron chi connectivity index (χ1n) is 12.6. The van der Waals surface area contributed by atoms with E-state index in [1.165, 1.54) is 29.0 Å². The Morgan fingerprint density at radius 3 is 2.59 bits per heavy atom. The molecule has 4 rings (SSSR count). The van der Waals surface area contributed by atoms with E-state index >= 15 is 0 Å². The number of ether oxygens (including phenoxy) is 1. The Labute approximate surface area is 223 Å². The Balaban J connectivity index is 1.63. The fourth-order valence-corrected chi connectivity index (χ4v) is 4.11. The summed E-state index contributed by atoms with van der Waals surface area (Å²) >= 11 is 0. The van der Waals surface area contributed by atoms with Gasteiger partial charge in [-0.1, -0.05) is 12.1 Å². The highest BCUT2D eigenvalue weighted by Gasteiger charge is 2.23. The van der Waals surface area contributed by atoms with E-state index in [-0.39, 0.29) is 49.2 Å². The topological polar surface area (TPSA) is 136 Å². The van der Waals surface area contributed by atoms with Gasteiger partial charge in [-0.05, 0) is 61.2 Å². The number of amides is 2. The van der Waals surface area contributed by atoms with Gasteiger partial charge in [0.05, 0.1) is 18.4 Å². The van der Waals surface area contributed by atoms with Crippen molar-refractivity contribution in [1.29, 1.82) is 0 Å². The van der Waals surface area contributed by atoms with Crippen molar-refractivity contribution in [2.45, 2.75) is 26.3 Å². The van der Waals surface area contributed by atoms with Gasteiger partial charge in [0.1, 0.15) is 16.9 Å². The van der Waals surface area contributed by atoms with Gasteiger partial charge in [-0.25, -0.2) is 4.39 Å². The van der Waals surface area contributed by atoms with E-state index in [0.717, 1.165) is 11.1 Å². The fourth-order valence-electron chi connectivity index (χ4n) is 4.11. The molecule has 2 amide bonds. The maximum absolute atomic E-state index is 13.5. The second-order valence-electron chi connectivity index (χ2n) is 8.73. The first-order valence-corrected chi connectivity index (χ1v) is 12.6. The molecule has 0 bridgehead atoms. The maximum atomic E-state index is 13.5. The standard InChI is InChI=1S/C28H29FN4O6/c1-2-38-14-11-31-27(36)23-25(34)24-21(16-19(17-32-24)15-18-6-8-20(29)9-7-18)33(28(23)37)12-4-10-30-26(35)22-5-3-13-39-22/h3,5-9,13,16-17,34H,2,4,10-12,14-15H2,1H3,(H,30,35)(H,31,36). The molecule has 11 heteroatoms. The smallest absolute Gasteiger partial charge is 0.286 e. The van der Waals surface area contributed by atoms with E-state index in [1.807, 2.05) is 6.92 Å². The second-order valence-corrected chi connectivity index (χ2v) is 8.73. The maximum Gasteiger partial charge on any atom is 0.286 e. The Kier molecular flexibility index (Phi) is 9.06. The number of carbonyl (C=O) groups is 2. The lowest BCUT2D eigenvalue weighted by Gasteiger charge is -2.16. The van der Waals surface area contributed by atoms with Crippen LogP contribution in [-0.4, -0.2) is 52.8 Å². The van der Waals surface area contributed by atoms with Gasteiger partial charge < -0.3 is 29.5 Å². The van der Waals surface area contributed by atoms with Gasteiger partial charge in [0, 0.05) is 32.4 Å². The minimum atomic E-state index is -0.740. The number of nitrogens with one attached hydrogen (secondary N) is 2. The van der Waals surface area contributed by atoms with Crippen molar-refractivity contribution in [3.05, 3.63) is 93.5 Å². The first kappa shape index (κ1) is 27.5. The number of carbonyl (C=O) groups excluding carboxylic acids is 2. The number of pyridine rings is 2. The number of hydrogen-bond donors (Lipinski definition) is 3. The largest absolute Gasteiger partial charge is 0.505 e. The Morgan fingerprint density at radius 1 is 1.10 bits per heavy atom. The third-order valence-electron chi connectivity index (χ3n) is 6.01. The van der Waals surface area contributed by atoms with Crippen molar-refractivity contribution in [2.75, 3.05) is 26.3 Å². The van der Waals surface area contributed by atoms with Crippen molar-refractivity contribution in [3.8, 4) is 5.75 Å². The second kappa shape index (κ2) is 12.8. The average molecular weight is 537 g/mol. The minimum absolute atomic E-state index is 0.0898. The van der Waals surface area contributed by atoms with E-state index in [2.05, 4.69) is 15.6 Å². The van der Waals surface area contributed by atoms with E-state index < -0.39 is 22.8 Å². The summed E-state index contributed by atoms with van der Waals surface area (Å²) in [6, 6.07) is 10.9. The summed E-state index contributed by atoms with van der Waals surface area (Å²) in [4.78, 5) is 42.9. The number of aryl methyl sites for hydroxylation is 1. The molecule has 204 valence electrons. The molecule has 0 saturated heterocycles. The third-order valence-corrected chi connectivity index (χ3v) is 6.01. The highest BCUT2D eigenvalue weighted by molar-refractivity contribution is 6.01. The third kappa shape index (κ3) is 6.68. The van der Waals surface area contributed by atoms with Crippen LogP contribution in [0.3, 0.4) is 0 Å². The molecule has 3 aromatic heterocycles. The SMILES string of the molecule is CCOCCNC(=O)c1c(O)c2ncc(Cc3ccc(F)cc3)cc2n(CCCNC(=O)c2ccco2)c1=O. The number of furan rings is 1. The van der Waals surface area contributed by atoms with Crippen LogP contribution in [0.1, 0.15) is 45.4 Å². The molecule has 0 aliphatic carbocycles. The molecular formula is C28H29FN4O6. The van der Waals surface area contributed by atoms with Crippen molar-refractivity contribution in [3.63, 3.8) is 0 Å². The van der Waals surface area contributed by atoms with Crippen LogP contribution in [0, 0.1) is 5.82 Å². The molecule has 3 N–H and O–H groups in total. The van der Waals surface area contributed by atoms with Gasteiger partial charge in [0.25, 0.3) is 17.4 Å². The molecule has 0 spiro atoms. The van der Waals surface area contributed by atoms with E-state index in [0.29, 0.717) is 25.0 Å². The number of halogens is 1. The molecule has 10 nitrogen and oxygen atoms in total. The first-order chi connectivity index (χ1) is 18.9. The van der Waals surface area contributed by atoms with Crippen LogP contribution in [0.4, 0.5) is 4.39 Å². The summed E-state index contributed by atoms with van der Waals surface area (Å²) in [6.07, 6.45) is 3.70. The fraction of sp³-hybridized carbons (Fsp3) is 0.286. The van der Waals surface area contributed by atoms with Crippen molar-refractivity contribution >= 4 is 22.8 Å². The van der Waals surface area contributed by atoms with Crippen LogP contribution in [-0.2, 0) is 17.7 Å². The monoisotopic (exact) mass is 536 g/mol. The van der Waals surface area contributed by atoms with Gasteiger partial charge in [0.2, 0.25) is 0 Å². The molecule has 0 radical (unpaired) electrons. The lowest BCUT2D eigenvalue weighted by atomic mass is 10.1. The van der Waals surface area contributed by atoms with E-state index in [9.17, 15) is 23.9 Å². The molecule has 0 saturated carbocycles. The van der Waals surface area contributed by atoms with Gasteiger partial charge in [-0.2, -0.15) is 0 Å². The predicted molar refractivity (Wildman–Crippen MR) is 141 cm³/mol. The Bertz CT molecular complexity index is 1500. The number of rotatable bonds is 12. The van der Waals surface area contributed by atoms with Gasteiger partial charge in [0.15, 0.2) is 11.5 Å². The van der Waals surface area contributed by atoms with Crippen LogP contribution in [0.5, 0.6) is 5.75 Å². The summed E-state index contributed by atoms with van der Waals surface area (Å²) in [7, 11) is 0. The van der Waals surface area contributed by atoms with Crippen LogP contribution >= 0.6 is 0 Å². The zero-order valence-corrected chi connectivity index (χ0v) is 21.4. The zero-order valence-electron chi connectivity index (χ0n) is 21.4. The predicted octanol–water partition coefficient (Wildman–Crippen LogP) is 3.01. The van der Waals surface area contributed by atoms with Crippen molar-refractivity contribution in [1.82, 2.24) is 20.2 Å². The molecule has 1 aromatic carbocycles. The van der Waals surface area contributed by atoms with Gasteiger partial charge in [-0.15, -0.1) is 0 Å². The molecule has 0 aliphatic heterocycles. The summed E-state index contributed by atoms with van der Waals surface area (Å²) in [5, 5.41) is 16.2. The summed E-state index contributed by atoms with van der Waals surface area (Å²) in [5.74, 6) is -1.82. The van der Waals surface area contributed by atoms with Gasteiger partial charge >= 0.3 is 0 Å². The molecule has 0 unspecified atom stereocenters. The average Bonchev–Trinajstić information content (AvgIpc) is 3.47. The number of benzene rings is 1. The summed E-state index contributed by atoms with van der Waals surface area (Å²) in [6.45, 7) is 3.08. The van der Waals surface area contributed by atoms with Crippen LogP contribution < -0.4 is 16.2 Å². The molecule has 4 aromatic rings. The van der Waals surface area contributed by atoms with Crippen molar-refractivity contribution in [2.24, 2.45) is 0 Å². The normalized spacial score (nSPS) is 11.0. The molecule has 0 aliphatic rings. The lowest BCUT2D eigenvalue weighted by molar-refractivity contribution is 0.0914. The highest BCUT2D eigenvalue weighted by Crippen LogP contribution is 2.26. The number of nitrogens with zero attached hydrogens (tertiary/aromatic N) is 2. The number of fused-ring (bicyclic) bond motifs is 1. The van der Waals surface area contributed by atoms with Crippen molar-refractivity contribution < 1.29 is 28.2 Å². The number of hydrogen-bond acceptors (Lipinski definition) is 7. The number of aromatic hydroxyl groups is 1. The Hall–Kier alpha value is -4.51.